The Morgan fingerprint density at radius 2 is 1.10 bits per heavy atom. The summed E-state index contributed by atoms with van der Waals surface area (Å²) in [5.41, 5.74) is 11.2. The van der Waals surface area contributed by atoms with Crippen molar-refractivity contribution in [3.63, 3.8) is 0 Å². The molecule has 0 aliphatic carbocycles. The van der Waals surface area contributed by atoms with E-state index in [1.54, 1.807) is 0 Å². The van der Waals surface area contributed by atoms with Crippen molar-refractivity contribution in [1.29, 1.82) is 0 Å². The average molecular weight is 654 g/mol. The molecule has 0 bridgehead atoms. The third-order valence-electron chi connectivity index (χ3n) is 9.80. The molecular formula is C47H31N3O. The van der Waals surface area contributed by atoms with Crippen LogP contribution in [-0.2, 0) is 0 Å². The molecule has 8 aromatic carbocycles. The molecular weight excluding hydrogens is 623 g/mol. The van der Waals surface area contributed by atoms with Crippen LogP contribution >= 0.6 is 0 Å². The lowest BCUT2D eigenvalue weighted by atomic mass is 9.98. The highest BCUT2D eigenvalue weighted by Gasteiger charge is 2.24. The molecule has 240 valence electrons. The summed E-state index contributed by atoms with van der Waals surface area (Å²) < 4.78 is 8.98. The van der Waals surface area contributed by atoms with Gasteiger partial charge < -0.3 is 13.9 Å². The summed E-state index contributed by atoms with van der Waals surface area (Å²) >= 11 is 0. The second-order valence-corrected chi connectivity index (χ2v) is 12.8. The van der Waals surface area contributed by atoms with Gasteiger partial charge >= 0.3 is 0 Å². The van der Waals surface area contributed by atoms with Crippen molar-refractivity contribution in [3.8, 4) is 28.3 Å². The van der Waals surface area contributed by atoms with Crippen molar-refractivity contribution in [2.75, 3.05) is 4.90 Å². The first-order valence-corrected chi connectivity index (χ1v) is 17.2. The Morgan fingerprint density at radius 3 is 1.90 bits per heavy atom. The molecule has 4 nitrogen and oxygen atoms in total. The van der Waals surface area contributed by atoms with E-state index in [4.69, 9.17) is 9.40 Å². The minimum atomic E-state index is 0.612. The number of anilines is 3. The van der Waals surface area contributed by atoms with Gasteiger partial charge in [-0.3, -0.25) is 0 Å². The highest BCUT2D eigenvalue weighted by molar-refractivity contribution is 6.24. The molecule has 0 aliphatic heterocycles. The SMILES string of the molecule is c1ccc(-c2nc3cccc(-c4ccccc4N(c4ccccc4)c4cc5c(c6ccccc46)c4ccccc4n5-c4ccccc4)c3o2)cc1. The normalized spacial score (nSPS) is 11.5. The number of benzene rings is 8. The number of para-hydroxylation sites is 5. The maximum atomic E-state index is 6.58. The quantitative estimate of drug-likeness (QED) is 0.179. The third-order valence-corrected chi connectivity index (χ3v) is 9.80. The predicted molar refractivity (Wildman–Crippen MR) is 211 cm³/mol. The van der Waals surface area contributed by atoms with E-state index in [-0.39, 0.29) is 0 Å². The second-order valence-electron chi connectivity index (χ2n) is 12.8. The first-order chi connectivity index (χ1) is 25.3. The molecule has 0 saturated heterocycles. The van der Waals surface area contributed by atoms with Gasteiger partial charge in [0.15, 0.2) is 5.58 Å². The number of hydrogen-bond donors (Lipinski definition) is 0. The minimum absolute atomic E-state index is 0.612. The van der Waals surface area contributed by atoms with Crippen molar-refractivity contribution < 1.29 is 4.42 Å². The lowest BCUT2D eigenvalue weighted by molar-refractivity contribution is 0.621. The van der Waals surface area contributed by atoms with Crippen LogP contribution in [0.2, 0.25) is 0 Å². The zero-order valence-electron chi connectivity index (χ0n) is 27.6. The number of oxazole rings is 1. The van der Waals surface area contributed by atoms with Crippen molar-refractivity contribution in [2.24, 2.45) is 0 Å². The van der Waals surface area contributed by atoms with Crippen molar-refractivity contribution in [3.05, 3.63) is 188 Å². The minimum Gasteiger partial charge on any atom is -0.435 e. The monoisotopic (exact) mass is 653 g/mol. The van der Waals surface area contributed by atoms with Crippen molar-refractivity contribution in [1.82, 2.24) is 9.55 Å². The van der Waals surface area contributed by atoms with Gasteiger partial charge in [0, 0.05) is 44.2 Å². The first-order valence-electron chi connectivity index (χ1n) is 17.2. The molecule has 0 spiro atoms. The summed E-state index contributed by atoms with van der Waals surface area (Å²) in [7, 11) is 0. The fourth-order valence-electron chi connectivity index (χ4n) is 7.60. The zero-order valence-corrected chi connectivity index (χ0v) is 27.6. The second kappa shape index (κ2) is 11.9. The first kappa shape index (κ1) is 29.0. The zero-order chi connectivity index (χ0) is 33.7. The number of rotatable bonds is 6. The Hall–Kier alpha value is -6.91. The van der Waals surface area contributed by atoms with Crippen LogP contribution in [0.25, 0.3) is 71.9 Å². The molecule has 0 N–H and O–H groups in total. The summed E-state index contributed by atoms with van der Waals surface area (Å²) in [6.07, 6.45) is 0. The van der Waals surface area contributed by atoms with Crippen molar-refractivity contribution >= 4 is 60.7 Å². The molecule has 0 saturated carbocycles. The third kappa shape index (κ3) is 4.72. The lowest BCUT2D eigenvalue weighted by Gasteiger charge is -2.29. The van der Waals surface area contributed by atoms with Gasteiger partial charge in [0.2, 0.25) is 5.89 Å². The summed E-state index contributed by atoms with van der Waals surface area (Å²) in [6.45, 7) is 0. The van der Waals surface area contributed by atoms with Gasteiger partial charge in [0.25, 0.3) is 0 Å². The molecule has 10 rings (SSSR count). The molecule has 2 heterocycles. The van der Waals surface area contributed by atoms with Crippen LogP contribution in [0, 0.1) is 0 Å². The Morgan fingerprint density at radius 1 is 0.471 bits per heavy atom. The highest BCUT2D eigenvalue weighted by atomic mass is 16.3. The Balaban J connectivity index is 1.28. The van der Waals surface area contributed by atoms with Crippen LogP contribution in [0.4, 0.5) is 17.1 Å². The summed E-state index contributed by atoms with van der Waals surface area (Å²) in [6, 6.07) is 66.2. The van der Waals surface area contributed by atoms with Gasteiger partial charge in [0.05, 0.1) is 22.4 Å². The van der Waals surface area contributed by atoms with E-state index < -0.39 is 0 Å². The van der Waals surface area contributed by atoms with E-state index in [1.807, 2.05) is 36.4 Å². The van der Waals surface area contributed by atoms with E-state index in [0.29, 0.717) is 5.89 Å². The van der Waals surface area contributed by atoms with Gasteiger partial charge in [-0.1, -0.05) is 127 Å². The molecule has 2 aromatic heterocycles. The van der Waals surface area contributed by atoms with Crippen molar-refractivity contribution in [2.45, 2.75) is 0 Å². The van der Waals surface area contributed by atoms with Crippen LogP contribution in [0.3, 0.4) is 0 Å². The van der Waals surface area contributed by atoms with Crippen LogP contribution < -0.4 is 4.90 Å². The number of hydrogen-bond acceptors (Lipinski definition) is 3. The van der Waals surface area contributed by atoms with E-state index in [1.165, 1.54) is 27.1 Å². The van der Waals surface area contributed by atoms with E-state index in [2.05, 4.69) is 161 Å². The van der Waals surface area contributed by atoms with E-state index in [9.17, 15) is 0 Å². The molecule has 0 atom stereocenters. The van der Waals surface area contributed by atoms with Gasteiger partial charge in [-0.15, -0.1) is 0 Å². The Bertz CT molecular complexity index is 2850. The fourth-order valence-corrected chi connectivity index (χ4v) is 7.60. The van der Waals surface area contributed by atoms with Gasteiger partial charge in [-0.05, 0) is 66.0 Å². The predicted octanol–water partition coefficient (Wildman–Crippen LogP) is 12.9. The smallest absolute Gasteiger partial charge is 0.227 e. The Kier molecular flexibility index (Phi) is 6.78. The van der Waals surface area contributed by atoms with E-state index >= 15 is 0 Å². The summed E-state index contributed by atoms with van der Waals surface area (Å²) in [5.74, 6) is 0.612. The largest absolute Gasteiger partial charge is 0.435 e. The molecule has 0 amide bonds. The standard InChI is InChI=1S/C47H31N3O/c1-4-17-32(18-5-1)47-48-40-28-16-27-38(46(40)51-47)36-24-12-14-29-41(36)49(33-19-6-2-7-20-33)43-31-44-45(37-25-11-10-23-35(37)43)39-26-13-15-30-42(39)50(44)34-21-8-3-9-22-34/h1-31H. The molecule has 0 aliphatic rings. The lowest BCUT2D eigenvalue weighted by Crippen LogP contribution is -2.12. The van der Waals surface area contributed by atoms with Gasteiger partial charge in [-0.25, -0.2) is 4.98 Å². The van der Waals surface area contributed by atoms with E-state index in [0.717, 1.165) is 56.1 Å². The molecule has 51 heavy (non-hydrogen) atoms. The Labute approximate surface area is 295 Å². The van der Waals surface area contributed by atoms with Crippen LogP contribution in [-0.4, -0.2) is 9.55 Å². The van der Waals surface area contributed by atoms with Gasteiger partial charge in [0.1, 0.15) is 5.52 Å². The maximum absolute atomic E-state index is 6.58. The number of fused-ring (bicyclic) bond motifs is 6. The molecule has 0 fully saturated rings. The summed E-state index contributed by atoms with van der Waals surface area (Å²) in [5, 5.41) is 4.86. The maximum Gasteiger partial charge on any atom is 0.227 e. The van der Waals surface area contributed by atoms with Crippen LogP contribution in [0.15, 0.2) is 192 Å². The molecule has 0 radical (unpaired) electrons. The van der Waals surface area contributed by atoms with Crippen LogP contribution in [0.5, 0.6) is 0 Å². The molecule has 4 heteroatoms. The number of nitrogens with zero attached hydrogens (tertiary/aromatic N) is 3. The van der Waals surface area contributed by atoms with Gasteiger partial charge in [-0.2, -0.15) is 0 Å². The molecule has 0 unspecified atom stereocenters. The fraction of sp³-hybridized carbons (Fsp3) is 0. The summed E-state index contributed by atoms with van der Waals surface area (Å²) in [4.78, 5) is 7.31. The number of aromatic nitrogens is 2. The molecule has 10 aromatic rings. The highest BCUT2D eigenvalue weighted by Crippen LogP contribution is 2.48. The van der Waals surface area contributed by atoms with Crippen LogP contribution in [0.1, 0.15) is 0 Å². The average Bonchev–Trinajstić information content (AvgIpc) is 3.79. The topological polar surface area (TPSA) is 34.2 Å².